The Morgan fingerprint density at radius 2 is 1.90 bits per heavy atom. The molecule has 2 aliphatic rings. The summed E-state index contributed by atoms with van der Waals surface area (Å²) in [7, 11) is -3.61. The van der Waals surface area contributed by atoms with E-state index >= 15 is 0 Å². The van der Waals surface area contributed by atoms with Crippen molar-refractivity contribution in [2.45, 2.75) is 19.6 Å². The lowest BCUT2D eigenvalue weighted by atomic mass is 10.2. The molecule has 3 rings (SSSR count). The summed E-state index contributed by atoms with van der Waals surface area (Å²) in [5, 5.41) is 0. The zero-order chi connectivity index (χ0) is 20.7. The second-order valence-corrected chi connectivity index (χ2v) is 8.91. The first-order chi connectivity index (χ1) is 14.0. The normalized spacial score (nSPS) is 21.8. The number of benzene rings is 1. The van der Waals surface area contributed by atoms with E-state index in [0.29, 0.717) is 32.8 Å². The molecule has 2 aliphatic heterocycles. The molecule has 162 valence electrons. The Hall–Kier alpha value is -1.72. The summed E-state index contributed by atoms with van der Waals surface area (Å²) in [5.41, 5.74) is 1.23. The van der Waals surface area contributed by atoms with E-state index in [4.69, 9.17) is 9.47 Å². The molecule has 1 N–H and O–H groups in total. The number of rotatable bonds is 7. The summed E-state index contributed by atoms with van der Waals surface area (Å²) in [6, 6.07) is 10.2. The van der Waals surface area contributed by atoms with Crippen LogP contribution in [-0.4, -0.2) is 93.7 Å². The third-order valence-corrected chi connectivity index (χ3v) is 6.65. The van der Waals surface area contributed by atoms with Gasteiger partial charge in [0.25, 0.3) is 10.2 Å². The van der Waals surface area contributed by atoms with E-state index in [9.17, 15) is 13.2 Å². The third-order valence-electron chi connectivity index (χ3n) is 5.07. The summed E-state index contributed by atoms with van der Waals surface area (Å²) in [4.78, 5) is 15.6. The van der Waals surface area contributed by atoms with Crippen molar-refractivity contribution in [2.24, 2.45) is 0 Å². The molecule has 9 nitrogen and oxygen atoms in total. The van der Waals surface area contributed by atoms with Crippen molar-refractivity contribution in [3.05, 3.63) is 35.9 Å². The second kappa shape index (κ2) is 10.4. The average Bonchev–Trinajstić information content (AvgIpc) is 2.74. The fourth-order valence-electron chi connectivity index (χ4n) is 3.50. The highest BCUT2D eigenvalue weighted by atomic mass is 32.2. The number of nitrogens with one attached hydrogen (secondary N) is 1. The first-order valence-electron chi connectivity index (χ1n) is 10.0. The molecule has 0 aliphatic carbocycles. The molecular formula is C19H30N4O5S. The third kappa shape index (κ3) is 6.38. The van der Waals surface area contributed by atoms with Gasteiger partial charge in [-0.25, -0.2) is 4.79 Å². The van der Waals surface area contributed by atoms with E-state index in [0.717, 1.165) is 13.1 Å². The van der Waals surface area contributed by atoms with E-state index in [2.05, 4.69) is 21.8 Å². The van der Waals surface area contributed by atoms with Crippen molar-refractivity contribution in [1.82, 2.24) is 18.8 Å². The highest BCUT2D eigenvalue weighted by molar-refractivity contribution is 7.87. The zero-order valence-corrected chi connectivity index (χ0v) is 17.6. The molecule has 0 spiro atoms. The molecule has 1 unspecified atom stereocenters. The lowest BCUT2D eigenvalue weighted by molar-refractivity contribution is -0.0278. The molecule has 0 saturated carbocycles. The van der Waals surface area contributed by atoms with E-state index < -0.39 is 16.3 Å². The average molecular weight is 427 g/mol. The van der Waals surface area contributed by atoms with Gasteiger partial charge >= 0.3 is 6.09 Å². The van der Waals surface area contributed by atoms with Gasteiger partial charge in [0.2, 0.25) is 0 Å². The maximum Gasteiger partial charge on any atom is 0.409 e. The Balaban J connectivity index is 1.44. The van der Waals surface area contributed by atoms with E-state index in [1.807, 2.05) is 18.2 Å². The van der Waals surface area contributed by atoms with Crippen LogP contribution in [0.1, 0.15) is 12.5 Å². The Morgan fingerprint density at radius 1 is 1.17 bits per heavy atom. The van der Waals surface area contributed by atoms with Gasteiger partial charge in [-0.15, -0.1) is 0 Å². The summed E-state index contributed by atoms with van der Waals surface area (Å²) in [6.07, 6.45) is -0.588. The zero-order valence-electron chi connectivity index (χ0n) is 16.8. The van der Waals surface area contributed by atoms with Crippen LogP contribution < -0.4 is 4.72 Å². The predicted octanol–water partition coefficient (Wildman–Crippen LogP) is 0.496. The molecule has 2 saturated heterocycles. The second-order valence-electron chi connectivity index (χ2n) is 7.15. The maximum absolute atomic E-state index is 12.6. The number of ether oxygens (including phenoxy) is 2. The monoisotopic (exact) mass is 426 g/mol. The molecule has 10 heteroatoms. The number of hydrogen-bond acceptors (Lipinski definition) is 6. The smallest absolute Gasteiger partial charge is 0.409 e. The quantitative estimate of drug-likeness (QED) is 0.683. The summed E-state index contributed by atoms with van der Waals surface area (Å²) < 4.78 is 40.0. The fourth-order valence-corrected chi connectivity index (χ4v) is 4.73. The van der Waals surface area contributed by atoms with Gasteiger partial charge in [0, 0.05) is 52.4 Å². The first kappa shape index (κ1) is 22.0. The van der Waals surface area contributed by atoms with Gasteiger partial charge < -0.3 is 14.4 Å². The molecular weight excluding hydrogens is 396 g/mol. The number of hydrogen-bond donors (Lipinski definition) is 1. The highest BCUT2D eigenvalue weighted by Gasteiger charge is 2.30. The van der Waals surface area contributed by atoms with Gasteiger partial charge in [-0.05, 0) is 12.5 Å². The first-order valence-corrected chi connectivity index (χ1v) is 11.5. The number of morpholine rings is 1. The molecule has 1 amide bonds. The SMILES string of the molecule is CCOC(=O)N1CCN(S(=O)(=O)NCC2CN(Cc3ccccc3)CCO2)CC1. The van der Waals surface area contributed by atoms with Gasteiger partial charge in [-0.1, -0.05) is 30.3 Å². The van der Waals surface area contributed by atoms with Crippen LogP contribution in [0.4, 0.5) is 4.79 Å². The molecule has 0 aromatic heterocycles. The largest absolute Gasteiger partial charge is 0.450 e. The number of nitrogens with zero attached hydrogens (tertiary/aromatic N) is 3. The van der Waals surface area contributed by atoms with Crippen molar-refractivity contribution in [3.8, 4) is 0 Å². The topological polar surface area (TPSA) is 91.4 Å². The molecule has 2 heterocycles. The van der Waals surface area contributed by atoms with E-state index in [1.165, 1.54) is 14.8 Å². The van der Waals surface area contributed by atoms with Crippen molar-refractivity contribution >= 4 is 16.3 Å². The summed E-state index contributed by atoms with van der Waals surface area (Å²) >= 11 is 0. The molecule has 0 radical (unpaired) electrons. The van der Waals surface area contributed by atoms with E-state index in [-0.39, 0.29) is 25.7 Å². The Kier molecular flexibility index (Phi) is 7.84. The lowest BCUT2D eigenvalue weighted by Gasteiger charge is -2.35. The highest BCUT2D eigenvalue weighted by Crippen LogP contribution is 2.12. The van der Waals surface area contributed by atoms with Gasteiger partial charge in [0.15, 0.2) is 0 Å². The number of carbonyl (C=O) groups is 1. The van der Waals surface area contributed by atoms with Crippen molar-refractivity contribution in [1.29, 1.82) is 0 Å². The van der Waals surface area contributed by atoms with Crippen LogP contribution in [0, 0.1) is 0 Å². The van der Waals surface area contributed by atoms with Crippen molar-refractivity contribution < 1.29 is 22.7 Å². The van der Waals surface area contributed by atoms with Crippen LogP contribution >= 0.6 is 0 Å². The lowest BCUT2D eigenvalue weighted by Crippen LogP contribution is -2.55. The molecule has 2 fully saturated rings. The maximum atomic E-state index is 12.6. The number of piperazine rings is 1. The Morgan fingerprint density at radius 3 is 2.59 bits per heavy atom. The predicted molar refractivity (Wildman–Crippen MR) is 109 cm³/mol. The van der Waals surface area contributed by atoms with Crippen LogP contribution in [-0.2, 0) is 26.2 Å². The number of carbonyl (C=O) groups excluding carboxylic acids is 1. The summed E-state index contributed by atoms with van der Waals surface area (Å²) in [5.74, 6) is 0. The molecule has 1 aromatic rings. The standard InChI is InChI=1S/C19H30N4O5S/c1-2-27-19(24)22-8-10-23(11-9-22)29(25,26)20-14-18-16-21(12-13-28-18)15-17-6-4-3-5-7-17/h3-7,18,20H,2,8-16H2,1H3. The molecule has 29 heavy (non-hydrogen) atoms. The van der Waals surface area contributed by atoms with Crippen molar-refractivity contribution in [2.75, 3.05) is 59.0 Å². The fraction of sp³-hybridized carbons (Fsp3) is 0.632. The Bertz CT molecular complexity index is 753. The molecule has 0 bridgehead atoms. The number of amides is 1. The molecule has 1 aromatic carbocycles. The van der Waals surface area contributed by atoms with Crippen LogP contribution in [0.5, 0.6) is 0 Å². The minimum Gasteiger partial charge on any atom is -0.450 e. The van der Waals surface area contributed by atoms with Crippen LogP contribution in [0.15, 0.2) is 30.3 Å². The van der Waals surface area contributed by atoms with Crippen molar-refractivity contribution in [3.63, 3.8) is 0 Å². The minimum atomic E-state index is -3.61. The minimum absolute atomic E-state index is 0.192. The van der Waals surface area contributed by atoms with E-state index in [1.54, 1.807) is 6.92 Å². The van der Waals surface area contributed by atoms with Gasteiger partial charge in [-0.3, -0.25) is 4.90 Å². The molecule has 1 atom stereocenters. The van der Waals surface area contributed by atoms with Crippen LogP contribution in [0.3, 0.4) is 0 Å². The summed E-state index contributed by atoms with van der Waals surface area (Å²) in [6.45, 7) is 6.33. The van der Waals surface area contributed by atoms with Crippen LogP contribution in [0.2, 0.25) is 0 Å². The van der Waals surface area contributed by atoms with Gasteiger partial charge in [-0.2, -0.15) is 17.4 Å². The van der Waals surface area contributed by atoms with Crippen LogP contribution in [0.25, 0.3) is 0 Å². The van der Waals surface area contributed by atoms with Gasteiger partial charge in [0.05, 0.1) is 19.3 Å². The van der Waals surface area contributed by atoms with Gasteiger partial charge in [0.1, 0.15) is 0 Å². The Labute approximate surface area is 172 Å².